The van der Waals surface area contributed by atoms with Crippen molar-refractivity contribution in [3.8, 4) is 17.2 Å². The van der Waals surface area contributed by atoms with Crippen LogP contribution >= 0.6 is 0 Å². The van der Waals surface area contributed by atoms with Crippen molar-refractivity contribution in [2.75, 3.05) is 0 Å². The van der Waals surface area contributed by atoms with Gasteiger partial charge in [-0.05, 0) is 35.4 Å². The highest BCUT2D eigenvalue weighted by Gasteiger charge is 2.21. The van der Waals surface area contributed by atoms with Crippen LogP contribution in [0.5, 0.6) is 17.2 Å². The van der Waals surface area contributed by atoms with Crippen LogP contribution in [0.1, 0.15) is 5.56 Å². The SMILES string of the molecule is Cc1c(O)cccc1Oc1ccc([N+](=O)[O-])c2nonc12. The summed E-state index contributed by atoms with van der Waals surface area (Å²) in [5.41, 5.74) is 0.480. The van der Waals surface area contributed by atoms with Gasteiger partial charge in [0, 0.05) is 11.6 Å². The molecule has 1 heterocycles. The summed E-state index contributed by atoms with van der Waals surface area (Å²) in [7, 11) is 0. The van der Waals surface area contributed by atoms with Gasteiger partial charge in [-0.15, -0.1) is 0 Å². The van der Waals surface area contributed by atoms with Crippen molar-refractivity contribution >= 4 is 16.7 Å². The number of nitrogens with zero attached hydrogens (tertiary/aromatic N) is 3. The van der Waals surface area contributed by atoms with Gasteiger partial charge in [0.15, 0.2) is 11.3 Å². The van der Waals surface area contributed by atoms with E-state index in [9.17, 15) is 15.2 Å². The van der Waals surface area contributed by atoms with Crippen LogP contribution in [0.2, 0.25) is 0 Å². The summed E-state index contributed by atoms with van der Waals surface area (Å²) >= 11 is 0. The van der Waals surface area contributed by atoms with Crippen molar-refractivity contribution < 1.29 is 19.4 Å². The maximum absolute atomic E-state index is 10.9. The quantitative estimate of drug-likeness (QED) is 0.582. The zero-order valence-corrected chi connectivity index (χ0v) is 10.8. The topological polar surface area (TPSA) is 112 Å². The predicted molar refractivity (Wildman–Crippen MR) is 71.4 cm³/mol. The number of ether oxygens (including phenoxy) is 1. The Labute approximate surface area is 117 Å². The number of aromatic hydroxyl groups is 1. The van der Waals surface area contributed by atoms with Crippen LogP contribution in [-0.4, -0.2) is 20.3 Å². The second-order valence-corrected chi connectivity index (χ2v) is 4.30. The second kappa shape index (κ2) is 4.75. The molecule has 3 aromatic rings. The number of non-ortho nitro benzene ring substituents is 1. The monoisotopic (exact) mass is 287 g/mol. The van der Waals surface area contributed by atoms with Crippen LogP contribution in [0.25, 0.3) is 11.0 Å². The van der Waals surface area contributed by atoms with Crippen LogP contribution < -0.4 is 4.74 Å². The molecule has 0 aliphatic heterocycles. The Morgan fingerprint density at radius 1 is 1.19 bits per heavy atom. The minimum atomic E-state index is -0.574. The van der Waals surface area contributed by atoms with Gasteiger partial charge in [-0.3, -0.25) is 10.1 Å². The third kappa shape index (κ3) is 2.12. The number of nitro benzene ring substituents is 1. The van der Waals surface area contributed by atoms with Crippen LogP contribution in [0.15, 0.2) is 35.0 Å². The first-order valence-corrected chi connectivity index (χ1v) is 5.94. The number of nitro groups is 1. The molecule has 0 aliphatic rings. The Hall–Kier alpha value is -3.16. The highest BCUT2D eigenvalue weighted by molar-refractivity contribution is 5.88. The lowest BCUT2D eigenvalue weighted by molar-refractivity contribution is -0.383. The van der Waals surface area contributed by atoms with Crippen molar-refractivity contribution in [1.29, 1.82) is 0 Å². The van der Waals surface area contributed by atoms with Crippen LogP contribution in [-0.2, 0) is 0 Å². The summed E-state index contributed by atoms with van der Waals surface area (Å²) in [5, 5.41) is 27.7. The van der Waals surface area contributed by atoms with E-state index in [1.807, 2.05) is 0 Å². The molecule has 0 spiro atoms. The number of aromatic nitrogens is 2. The molecule has 8 nitrogen and oxygen atoms in total. The normalized spacial score (nSPS) is 10.7. The van der Waals surface area contributed by atoms with E-state index >= 15 is 0 Å². The van der Waals surface area contributed by atoms with Gasteiger partial charge in [-0.1, -0.05) is 6.07 Å². The lowest BCUT2D eigenvalue weighted by atomic mass is 10.2. The molecule has 0 atom stereocenters. The predicted octanol–water partition coefficient (Wildman–Crippen LogP) is 2.94. The average Bonchev–Trinajstić information content (AvgIpc) is 2.93. The fraction of sp³-hybridized carbons (Fsp3) is 0.0769. The largest absolute Gasteiger partial charge is 0.508 e. The minimum Gasteiger partial charge on any atom is -0.508 e. The van der Waals surface area contributed by atoms with Crippen LogP contribution in [0, 0.1) is 17.0 Å². The molecular weight excluding hydrogens is 278 g/mol. The van der Waals surface area contributed by atoms with E-state index < -0.39 is 4.92 Å². The molecule has 0 aliphatic carbocycles. The summed E-state index contributed by atoms with van der Waals surface area (Å²) in [4.78, 5) is 10.3. The van der Waals surface area contributed by atoms with Gasteiger partial charge >= 0.3 is 5.69 Å². The lowest BCUT2D eigenvalue weighted by Gasteiger charge is -2.09. The zero-order chi connectivity index (χ0) is 15.0. The van der Waals surface area contributed by atoms with Gasteiger partial charge in [0.25, 0.3) is 0 Å². The molecule has 0 fully saturated rings. The van der Waals surface area contributed by atoms with E-state index in [-0.39, 0.29) is 28.2 Å². The van der Waals surface area contributed by atoms with Crippen molar-refractivity contribution in [3.05, 3.63) is 46.0 Å². The van der Waals surface area contributed by atoms with Gasteiger partial charge in [-0.2, -0.15) is 0 Å². The van der Waals surface area contributed by atoms with Gasteiger partial charge in [-0.25, -0.2) is 4.63 Å². The molecule has 3 rings (SSSR count). The minimum absolute atomic E-state index is 0.00954. The Bertz CT molecular complexity index is 843. The molecule has 1 N–H and O–H groups in total. The van der Waals surface area contributed by atoms with E-state index in [0.29, 0.717) is 11.3 Å². The van der Waals surface area contributed by atoms with Crippen molar-refractivity contribution in [2.45, 2.75) is 6.92 Å². The zero-order valence-electron chi connectivity index (χ0n) is 10.8. The highest BCUT2D eigenvalue weighted by atomic mass is 16.6. The third-order valence-corrected chi connectivity index (χ3v) is 3.03. The highest BCUT2D eigenvalue weighted by Crippen LogP contribution is 2.35. The first-order chi connectivity index (χ1) is 10.1. The average molecular weight is 287 g/mol. The number of benzene rings is 2. The number of hydrogen-bond donors (Lipinski definition) is 1. The first kappa shape index (κ1) is 12.9. The van der Waals surface area contributed by atoms with Gasteiger partial charge in [0.05, 0.1) is 4.92 Å². The second-order valence-electron chi connectivity index (χ2n) is 4.30. The number of rotatable bonds is 3. The maximum Gasteiger partial charge on any atom is 0.301 e. The summed E-state index contributed by atoms with van der Waals surface area (Å²) < 4.78 is 10.2. The molecule has 0 bridgehead atoms. The number of hydrogen-bond acceptors (Lipinski definition) is 7. The first-order valence-electron chi connectivity index (χ1n) is 5.94. The number of phenols is 1. The summed E-state index contributed by atoms with van der Waals surface area (Å²) in [6, 6.07) is 7.50. The van der Waals surface area contributed by atoms with Crippen molar-refractivity contribution in [1.82, 2.24) is 10.3 Å². The third-order valence-electron chi connectivity index (χ3n) is 3.03. The molecule has 2 aromatic carbocycles. The van der Waals surface area contributed by atoms with E-state index in [0.717, 1.165) is 0 Å². The van der Waals surface area contributed by atoms with E-state index in [1.165, 1.54) is 18.2 Å². The molecular formula is C13H9N3O5. The Morgan fingerprint density at radius 2 is 1.95 bits per heavy atom. The summed E-state index contributed by atoms with van der Waals surface area (Å²) in [6.07, 6.45) is 0. The fourth-order valence-corrected chi connectivity index (χ4v) is 1.89. The lowest BCUT2D eigenvalue weighted by Crippen LogP contribution is -1.93. The summed E-state index contributed by atoms with van der Waals surface area (Å²) in [6.45, 7) is 1.69. The Kier molecular flexibility index (Phi) is 2.90. The molecule has 1 aromatic heterocycles. The maximum atomic E-state index is 10.9. The van der Waals surface area contributed by atoms with E-state index in [4.69, 9.17) is 4.74 Å². The molecule has 21 heavy (non-hydrogen) atoms. The number of phenolic OH excluding ortho intramolecular Hbond substituents is 1. The molecule has 106 valence electrons. The van der Waals surface area contributed by atoms with E-state index in [1.54, 1.807) is 19.1 Å². The number of fused-ring (bicyclic) bond motifs is 1. The van der Waals surface area contributed by atoms with E-state index in [2.05, 4.69) is 14.9 Å². The van der Waals surface area contributed by atoms with Crippen LogP contribution in [0.4, 0.5) is 5.69 Å². The van der Waals surface area contributed by atoms with Crippen molar-refractivity contribution in [3.63, 3.8) is 0 Å². The Morgan fingerprint density at radius 3 is 2.71 bits per heavy atom. The summed E-state index contributed by atoms with van der Waals surface area (Å²) in [5.74, 6) is 0.752. The molecule has 0 saturated heterocycles. The molecule has 0 radical (unpaired) electrons. The standard InChI is InChI=1S/C13H9N3O5/c1-7-9(17)3-2-4-10(7)20-11-6-5-8(16(18)19)12-13(11)15-21-14-12/h2-6,17H,1H3. The van der Waals surface area contributed by atoms with Gasteiger partial charge < -0.3 is 9.84 Å². The molecule has 0 unspecified atom stereocenters. The molecule has 8 heteroatoms. The molecule has 0 saturated carbocycles. The van der Waals surface area contributed by atoms with Crippen LogP contribution in [0.3, 0.4) is 0 Å². The molecule has 0 amide bonds. The van der Waals surface area contributed by atoms with Gasteiger partial charge in [0.2, 0.25) is 5.52 Å². The van der Waals surface area contributed by atoms with Gasteiger partial charge in [0.1, 0.15) is 11.5 Å². The van der Waals surface area contributed by atoms with Crippen molar-refractivity contribution in [2.24, 2.45) is 0 Å². The fourth-order valence-electron chi connectivity index (χ4n) is 1.89. The smallest absolute Gasteiger partial charge is 0.301 e. The Balaban J connectivity index is 2.10.